The van der Waals surface area contributed by atoms with E-state index < -0.39 is 0 Å². The van der Waals surface area contributed by atoms with Gasteiger partial charge in [-0.05, 0) is 31.3 Å². The van der Waals surface area contributed by atoms with Gasteiger partial charge < -0.3 is 5.32 Å². The highest BCUT2D eigenvalue weighted by atomic mass is 35.5. The Balaban J connectivity index is 1.90. The largest absolute Gasteiger partial charge is 0.324 e. The molecule has 0 fully saturated rings. The van der Waals surface area contributed by atoms with Crippen LogP contribution < -0.4 is 5.32 Å². The first-order chi connectivity index (χ1) is 11.1. The zero-order chi connectivity index (χ0) is 16.7. The molecular weight excluding hydrogens is 348 g/mol. The second kappa shape index (κ2) is 9.13. The Bertz CT molecular complexity index is 672. The van der Waals surface area contributed by atoms with Crippen LogP contribution >= 0.6 is 34.7 Å². The second-order valence-corrected chi connectivity index (χ2v) is 7.88. The maximum absolute atomic E-state index is 12.2. The molecule has 0 aliphatic carbocycles. The second-order valence-electron chi connectivity index (χ2n) is 5.02. The zero-order valence-electron chi connectivity index (χ0n) is 12.9. The maximum Gasteiger partial charge on any atom is 0.238 e. The smallest absolute Gasteiger partial charge is 0.238 e. The molecule has 0 bridgehead atoms. The summed E-state index contributed by atoms with van der Waals surface area (Å²) in [6, 6.07) is 11.7. The predicted octanol–water partition coefficient (Wildman–Crippen LogP) is 4.75. The molecule has 1 N–H and O–H groups in total. The minimum Gasteiger partial charge on any atom is -0.324 e. The van der Waals surface area contributed by atoms with E-state index in [0.717, 1.165) is 25.5 Å². The summed E-state index contributed by atoms with van der Waals surface area (Å²) < 4.78 is 0.769. The molecule has 23 heavy (non-hydrogen) atoms. The minimum absolute atomic E-state index is 0.0261. The first-order valence-corrected chi connectivity index (χ1v) is 9.32. The van der Waals surface area contributed by atoms with Gasteiger partial charge >= 0.3 is 0 Å². The summed E-state index contributed by atoms with van der Waals surface area (Å²) in [4.78, 5) is 16.4. The van der Waals surface area contributed by atoms with Gasteiger partial charge in [-0.2, -0.15) is 0 Å². The van der Waals surface area contributed by atoms with E-state index in [-0.39, 0.29) is 5.91 Å². The Kier molecular flexibility index (Phi) is 7.17. The van der Waals surface area contributed by atoms with Crippen LogP contribution in [-0.2, 0) is 11.3 Å². The molecule has 0 unspecified atom stereocenters. The highest BCUT2D eigenvalue weighted by Crippen LogP contribution is 2.27. The van der Waals surface area contributed by atoms with Gasteiger partial charge in [-0.3, -0.25) is 9.69 Å². The van der Waals surface area contributed by atoms with E-state index in [9.17, 15) is 4.79 Å². The number of likely N-dealkylation sites (N-methyl/N-ethyl adjacent to an activating group) is 1. The van der Waals surface area contributed by atoms with Crippen LogP contribution in [0, 0.1) is 0 Å². The number of nitrogens with zero attached hydrogens (tertiary/aromatic N) is 1. The van der Waals surface area contributed by atoms with Crippen LogP contribution in [0.1, 0.15) is 4.88 Å². The van der Waals surface area contributed by atoms with E-state index in [1.807, 2.05) is 54.4 Å². The van der Waals surface area contributed by atoms with Crippen molar-refractivity contribution in [2.75, 3.05) is 24.7 Å². The molecule has 0 radical (unpaired) electrons. The van der Waals surface area contributed by atoms with E-state index in [1.54, 1.807) is 11.8 Å². The van der Waals surface area contributed by atoms with Crippen LogP contribution in [0.25, 0.3) is 0 Å². The molecule has 1 heterocycles. The maximum atomic E-state index is 12.2. The van der Waals surface area contributed by atoms with E-state index in [4.69, 9.17) is 11.6 Å². The lowest BCUT2D eigenvalue weighted by Crippen LogP contribution is -2.29. The SMILES string of the molecule is C=CCSc1ccccc1NC(=O)CN(C)Cc1ccc(Cl)s1. The van der Waals surface area contributed by atoms with E-state index in [2.05, 4.69) is 11.9 Å². The number of amides is 1. The fraction of sp³-hybridized carbons (Fsp3) is 0.235. The van der Waals surface area contributed by atoms with Crippen LogP contribution in [-0.4, -0.2) is 30.2 Å². The lowest BCUT2D eigenvalue weighted by atomic mass is 10.3. The first kappa shape index (κ1) is 18.1. The van der Waals surface area contributed by atoms with E-state index in [0.29, 0.717) is 13.1 Å². The molecule has 0 saturated carbocycles. The zero-order valence-corrected chi connectivity index (χ0v) is 15.3. The third-order valence-corrected chi connectivity index (χ3v) is 5.27. The summed E-state index contributed by atoms with van der Waals surface area (Å²) in [5.74, 6) is 0.785. The Morgan fingerprint density at radius 3 is 2.87 bits per heavy atom. The molecule has 0 aliphatic heterocycles. The van der Waals surface area contributed by atoms with Crippen molar-refractivity contribution in [1.29, 1.82) is 0 Å². The average Bonchev–Trinajstić information content (AvgIpc) is 2.91. The molecule has 0 aliphatic rings. The van der Waals surface area contributed by atoms with Gasteiger partial charge in [-0.1, -0.05) is 29.8 Å². The van der Waals surface area contributed by atoms with Gasteiger partial charge in [0.25, 0.3) is 0 Å². The fourth-order valence-electron chi connectivity index (χ4n) is 2.04. The Morgan fingerprint density at radius 2 is 2.17 bits per heavy atom. The van der Waals surface area contributed by atoms with Crippen LogP contribution in [0.5, 0.6) is 0 Å². The summed E-state index contributed by atoms with van der Waals surface area (Å²) in [7, 11) is 1.92. The number of thioether (sulfide) groups is 1. The van der Waals surface area contributed by atoms with Gasteiger partial charge in [0.2, 0.25) is 5.91 Å². The predicted molar refractivity (Wildman–Crippen MR) is 102 cm³/mol. The summed E-state index contributed by atoms with van der Waals surface area (Å²) in [6.07, 6.45) is 1.85. The molecule has 2 rings (SSSR count). The normalized spacial score (nSPS) is 10.7. The molecule has 122 valence electrons. The van der Waals surface area contributed by atoms with Crippen molar-refractivity contribution >= 4 is 46.3 Å². The van der Waals surface area contributed by atoms with Gasteiger partial charge in [-0.25, -0.2) is 0 Å². The first-order valence-electron chi connectivity index (χ1n) is 7.14. The molecule has 0 spiro atoms. The van der Waals surface area contributed by atoms with Crippen LogP contribution in [0.2, 0.25) is 4.34 Å². The standard InChI is InChI=1S/C17H19ClN2OS2/c1-3-10-22-15-7-5-4-6-14(15)19-17(21)12-20(2)11-13-8-9-16(18)23-13/h3-9H,1,10-12H2,2H3,(H,19,21). The number of hydrogen-bond donors (Lipinski definition) is 1. The number of carbonyl (C=O) groups excluding carboxylic acids is 1. The number of thiophene rings is 1. The van der Waals surface area contributed by atoms with Gasteiger partial charge in [0.1, 0.15) is 0 Å². The van der Waals surface area contributed by atoms with E-state index >= 15 is 0 Å². The molecule has 2 aromatic rings. The van der Waals surface area contributed by atoms with Gasteiger partial charge in [0.15, 0.2) is 0 Å². The molecule has 0 saturated heterocycles. The molecule has 0 atom stereocenters. The monoisotopic (exact) mass is 366 g/mol. The number of hydrogen-bond acceptors (Lipinski definition) is 4. The average molecular weight is 367 g/mol. The highest BCUT2D eigenvalue weighted by Gasteiger charge is 2.10. The lowest BCUT2D eigenvalue weighted by molar-refractivity contribution is -0.117. The van der Waals surface area contributed by atoms with Crippen molar-refractivity contribution in [3.63, 3.8) is 0 Å². The number of para-hydroxylation sites is 1. The number of nitrogens with one attached hydrogen (secondary N) is 1. The fourth-order valence-corrected chi connectivity index (χ4v) is 3.95. The van der Waals surface area contributed by atoms with Crippen LogP contribution in [0.3, 0.4) is 0 Å². The van der Waals surface area contributed by atoms with Crippen molar-refractivity contribution in [2.45, 2.75) is 11.4 Å². The number of carbonyl (C=O) groups is 1. The molecule has 1 aromatic heterocycles. The van der Waals surface area contributed by atoms with E-state index in [1.165, 1.54) is 11.3 Å². The molecule has 6 heteroatoms. The molecular formula is C17H19ClN2OS2. The van der Waals surface area contributed by atoms with Gasteiger partial charge in [0.05, 0.1) is 16.6 Å². The van der Waals surface area contributed by atoms with Crippen molar-refractivity contribution in [1.82, 2.24) is 4.90 Å². The van der Waals surface area contributed by atoms with Crippen LogP contribution in [0.4, 0.5) is 5.69 Å². The number of rotatable bonds is 8. The molecule has 3 nitrogen and oxygen atoms in total. The Hall–Kier alpha value is -1.27. The van der Waals surface area contributed by atoms with Crippen molar-refractivity contribution < 1.29 is 4.79 Å². The highest BCUT2D eigenvalue weighted by molar-refractivity contribution is 7.99. The summed E-state index contributed by atoms with van der Waals surface area (Å²) in [6.45, 7) is 4.76. The third-order valence-electron chi connectivity index (χ3n) is 2.99. The topological polar surface area (TPSA) is 32.3 Å². The summed E-state index contributed by atoms with van der Waals surface area (Å²) >= 11 is 9.12. The minimum atomic E-state index is -0.0261. The van der Waals surface area contributed by atoms with Crippen molar-refractivity contribution in [3.8, 4) is 0 Å². The third kappa shape index (κ3) is 6.03. The van der Waals surface area contributed by atoms with Crippen molar-refractivity contribution in [3.05, 3.63) is 58.3 Å². The lowest BCUT2D eigenvalue weighted by Gasteiger charge is -2.16. The molecule has 1 amide bonds. The number of halogens is 1. The quantitative estimate of drug-likeness (QED) is 0.540. The van der Waals surface area contributed by atoms with Crippen LogP contribution in [0.15, 0.2) is 53.9 Å². The Morgan fingerprint density at radius 1 is 1.39 bits per heavy atom. The Labute approximate surface area is 150 Å². The summed E-state index contributed by atoms with van der Waals surface area (Å²) in [5.41, 5.74) is 0.844. The molecule has 1 aromatic carbocycles. The number of anilines is 1. The number of benzene rings is 1. The summed E-state index contributed by atoms with van der Waals surface area (Å²) in [5, 5.41) is 2.98. The van der Waals surface area contributed by atoms with Gasteiger partial charge in [0, 0.05) is 22.1 Å². The van der Waals surface area contributed by atoms with Crippen molar-refractivity contribution in [2.24, 2.45) is 0 Å². The van der Waals surface area contributed by atoms with Gasteiger partial charge in [-0.15, -0.1) is 29.7 Å².